The number of thioether (sulfide) groups is 1. The molecular formula is C12H15N3OS. The van der Waals surface area contributed by atoms with Gasteiger partial charge in [0.2, 0.25) is 0 Å². The smallest absolute Gasteiger partial charge is 0.253 e. The van der Waals surface area contributed by atoms with Gasteiger partial charge in [-0.15, -0.1) is 0 Å². The molecule has 0 unspecified atom stereocenters. The van der Waals surface area contributed by atoms with Crippen LogP contribution in [0.2, 0.25) is 0 Å². The summed E-state index contributed by atoms with van der Waals surface area (Å²) in [6.07, 6.45) is 3.74. The Balaban J connectivity index is 2.21. The first-order valence-electron chi connectivity index (χ1n) is 5.36. The Kier molecular flexibility index (Phi) is 3.58. The summed E-state index contributed by atoms with van der Waals surface area (Å²) in [5.41, 5.74) is 7.93. The molecule has 1 aromatic carbocycles. The van der Waals surface area contributed by atoms with E-state index in [1.165, 1.54) is 0 Å². The lowest BCUT2D eigenvalue weighted by Crippen LogP contribution is -2.25. The Bertz CT molecular complexity index is 536. The van der Waals surface area contributed by atoms with Gasteiger partial charge < -0.3 is 16.0 Å². The monoisotopic (exact) mass is 249 g/mol. The van der Waals surface area contributed by atoms with Crippen LogP contribution in [-0.4, -0.2) is 29.4 Å². The largest absolute Gasteiger partial charge is 0.399 e. The van der Waals surface area contributed by atoms with Crippen LogP contribution in [0.25, 0.3) is 10.9 Å². The van der Waals surface area contributed by atoms with Gasteiger partial charge in [-0.1, -0.05) is 0 Å². The van der Waals surface area contributed by atoms with E-state index in [1.54, 1.807) is 24.0 Å². The third-order valence-corrected chi connectivity index (χ3v) is 3.15. The molecule has 5 heteroatoms. The number of carbonyl (C=O) groups excluding carboxylic acids is 1. The van der Waals surface area contributed by atoms with Crippen molar-refractivity contribution in [3.05, 3.63) is 30.0 Å². The number of H-pyrrole nitrogens is 1. The molecule has 2 rings (SSSR count). The average Bonchev–Trinajstić information content (AvgIpc) is 2.72. The van der Waals surface area contributed by atoms with Gasteiger partial charge in [0.15, 0.2) is 0 Å². The number of amides is 1. The molecular weight excluding hydrogens is 234 g/mol. The number of hydrogen-bond donors (Lipinski definition) is 3. The topological polar surface area (TPSA) is 70.9 Å². The summed E-state index contributed by atoms with van der Waals surface area (Å²) in [6, 6.07) is 5.49. The summed E-state index contributed by atoms with van der Waals surface area (Å²) in [4.78, 5) is 15.0. The maximum absolute atomic E-state index is 11.9. The highest BCUT2D eigenvalue weighted by atomic mass is 32.2. The molecule has 90 valence electrons. The lowest BCUT2D eigenvalue weighted by atomic mass is 10.1. The highest BCUT2D eigenvalue weighted by molar-refractivity contribution is 7.98. The predicted octanol–water partition coefficient (Wildman–Crippen LogP) is 1.84. The number of anilines is 1. The van der Waals surface area contributed by atoms with Crippen LogP contribution in [0.5, 0.6) is 0 Å². The van der Waals surface area contributed by atoms with Crippen molar-refractivity contribution in [3.8, 4) is 0 Å². The number of nitrogen functional groups attached to an aromatic ring is 1. The van der Waals surface area contributed by atoms with E-state index in [4.69, 9.17) is 5.73 Å². The maximum Gasteiger partial charge on any atom is 0.253 e. The first kappa shape index (κ1) is 11.9. The SMILES string of the molecule is CSCCNC(=O)c1c[nH]c2cc(N)ccc12. The van der Waals surface area contributed by atoms with Crippen molar-refractivity contribution in [2.45, 2.75) is 0 Å². The number of hydrogen-bond acceptors (Lipinski definition) is 3. The van der Waals surface area contributed by atoms with Gasteiger partial charge in [0.1, 0.15) is 0 Å². The van der Waals surface area contributed by atoms with Crippen LogP contribution >= 0.6 is 11.8 Å². The molecule has 0 bridgehead atoms. The number of carbonyl (C=O) groups is 1. The summed E-state index contributed by atoms with van der Waals surface area (Å²) in [7, 11) is 0. The standard InChI is InChI=1S/C12H15N3OS/c1-17-5-4-14-12(16)10-7-15-11-6-8(13)2-3-9(10)11/h2-3,6-7,15H,4-5,13H2,1H3,(H,14,16). The van der Waals surface area contributed by atoms with Crippen LogP contribution in [0.4, 0.5) is 5.69 Å². The minimum Gasteiger partial charge on any atom is -0.399 e. The van der Waals surface area contributed by atoms with Gasteiger partial charge in [0, 0.05) is 35.1 Å². The van der Waals surface area contributed by atoms with Gasteiger partial charge in [-0.05, 0) is 24.5 Å². The van der Waals surface area contributed by atoms with E-state index < -0.39 is 0 Å². The number of fused-ring (bicyclic) bond motifs is 1. The number of rotatable bonds is 4. The van der Waals surface area contributed by atoms with E-state index in [9.17, 15) is 4.79 Å². The van der Waals surface area contributed by atoms with Crippen molar-refractivity contribution in [2.24, 2.45) is 0 Å². The second kappa shape index (κ2) is 5.14. The predicted molar refractivity (Wildman–Crippen MR) is 73.4 cm³/mol. The highest BCUT2D eigenvalue weighted by Gasteiger charge is 2.11. The Morgan fingerprint density at radius 2 is 2.35 bits per heavy atom. The molecule has 0 atom stereocenters. The molecule has 0 saturated carbocycles. The molecule has 4 N–H and O–H groups in total. The number of aromatic amines is 1. The first-order valence-corrected chi connectivity index (χ1v) is 6.75. The van der Waals surface area contributed by atoms with Crippen molar-refractivity contribution in [1.29, 1.82) is 0 Å². The van der Waals surface area contributed by atoms with Crippen LogP contribution in [0.1, 0.15) is 10.4 Å². The fraction of sp³-hybridized carbons (Fsp3) is 0.250. The molecule has 0 radical (unpaired) electrons. The average molecular weight is 249 g/mol. The van der Waals surface area contributed by atoms with Crippen LogP contribution in [0.15, 0.2) is 24.4 Å². The van der Waals surface area contributed by atoms with Crippen molar-refractivity contribution >= 4 is 34.3 Å². The Morgan fingerprint density at radius 3 is 3.12 bits per heavy atom. The summed E-state index contributed by atoms with van der Waals surface area (Å²) >= 11 is 1.71. The Hall–Kier alpha value is -1.62. The third kappa shape index (κ3) is 2.55. The zero-order chi connectivity index (χ0) is 12.3. The molecule has 0 spiro atoms. The van der Waals surface area contributed by atoms with E-state index in [1.807, 2.05) is 18.4 Å². The lowest BCUT2D eigenvalue weighted by molar-refractivity contribution is 0.0958. The highest BCUT2D eigenvalue weighted by Crippen LogP contribution is 2.20. The molecule has 0 saturated heterocycles. The fourth-order valence-electron chi connectivity index (χ4n) is 1.69. The fourth-order valence-corrected chi connectivity index (χ4v) is 2.00. The first-order chi connectivity index (χ1) is 8.22. The van der Waals surface area contributed by atoms with Crippen LogP contribution in [0.3, 0.4) is 0 Å². The van der Waals surface area contributed by atoms with Gasteiger partial charge in [-0.2, -0.15) is 11.8 Å². The molecule has 2 aromatic rings. The van der Waals surface area contributed by atoms with Crippen molar-refractivity contribution in [1.82, 2.24) is 10.3 Å². The van der Waals surface area contributed by atoms with Crippen molar-refractivity contribution < 1.29 is 4.79 Å². The molecule has 1 amide bonds. The van der Waals surface area contributed by atoms with Gasteiger partial charge >= 0.3 is 0 Å². The minimum atomic E-state index is -0.0462. The number of aromatic nitrogens is 1. The molecule has 0 aliphatic carbocycles. The zero-order valence-electron chi connectivity index (χ0n) is 9.62. The van der Waals surface area contributed by atoms with Gasteiger partial charge in [-0.3, -0.25) is 4.79 Å². The summed E-state index contributed by atoms with van der Waals surface area (Å²) < 4.78 is 0. The van der Waals surface area contributed by atoms with E-state index in [-0.39, 0.29) is 5.91 Å². The molecule has 1 heterocycles. The Morgan fingerprint density at radius 1 is 1.53 bits per heavy atom. The maximum atomic E-state index is 11.9. The number of benzene rings is 1. The summed E-state index contributed by atoms with van der Waals surface area (Å²) in [5, 5.41) is 3.79. The third-order valence-electron chi connectivity index (χ3n) is 2.54. The minimum absolute atomic E-state index is 0.0462. The molecule has 0 fully saturated rings. The number of nitrogens with two attached hydrogens (primary N) is 1. The molecule has 0 aliphatic rings. The van der Waals surface area contributed by atoms with Crippen LogP contribution in [0, 0.1) is 0 Å². The molecule has 0 aliphatic heterocycles. The quantitative estimate of drug-likeness (QED) is 0.572. The van der Waals surface area contributed by atoms with Gasteiger partial charge in [0.25, 0.3) is 5.91 Å². The van der Waals surface area contributed by atoms with Crippen LogP contribution in [-0.2, 0) is 0 Å². The van der Waals surface area contributed by atoms with Crippen molar-refractivity contribution in [3.63, 3.8) is 0 Å². The van der Waals surface area contributed by atoms with E-state index >= 15 is 0 Å². The van der Waals surface area contributed by atoms with Gasteiger partial charge in [0.05, 0.1) is 5.56 Å². The second-order valence-corrected chi connectivity index (χ2v) is 4.74. The molecule has 1 aromatic heterocycles. The van der Waals surface area contributed by atoms with E-state index in [0.717, 1.165) is 16.7 Å². The van der Waals surface area contributed by atoms with Crippen molar-refractivity contribution in [2.75, 3.05) is 24.3 Å². The number of nitrogens with one attached hydrogen (secondary N) is 2. The van der Waals surface area contributed by atoms with E-state index in [0.29, 0.717) is 17.8 Å². The van der Waals surface area contributed by atoms with Gasteiger partial charge in [-0.25, -0.2) is 0 Å². The molecule has 17 heavy (non-hydrogen) atoms. The zero-order valence-corrected chi connectivity index (χ0v) is 10.4. The lowest BCUT2D eigenvalue weighted by Gasteiger charge is -2.02. The van der Waals surface area contributed by atoms with E-state index in [2.05, 4.69) is 10.3 Å². The second-order valence-electron chi connectivity index (χ2n) is 3.76. The Labute approximate surface area is 104 Å². The molecule has 4 nitrogen and oxygen atoms in total. The normalized spacial score (nSPS) is 10.6. The summed E-state index contributed by atoms with van der Waals surface area (Å²) in [5.74, 6) is 0.871. The summed E-state index contributed by atoms with van der Waals surface area (Å²) in [6.45, 7) is 0.682. The van der Waals surface area contributed by atoms with Crippen LogP contribution < -0.4 is 11.1 Å².